The lowest BCUT2D eigenvalue weighted by Crippen LogP contribution is -2.31. The normalized spacial score (nSPS) is 11.2. The van der Waals surface area contributed by atoms with Gasteiger partial charge in [-0.3, -0.25) is 9.59 Å². The second-order valence-electron chi connectivity index (χ2n) is 5.05. The molecule has 0 aromatic rings. The Morgan fingerprint density at radius 2 is 1.80 bits per heavy atom. The molecule has 0 atom stereocenters. The lowest BCUT2D eigenvalue weighted by atomic mass is 9.91. The maximum atomic E-state index is 11.6. The molecule has 88 valence electrons. The van der Waals surface area contributed by atoms with E-state index < -0.39 is 5.97 Å². The molecule has 0 fully saturated rings. The van der Waals surface area contributed by atoms with Gasteiger partial charge in [-0.05, 0) is 11.8 Å². The van der Waals surface area contributed by atoms with Crippen molar-refractivity contribution in [3.8, 4) is 0 Å². The number of carboxylic acid groups (broad SMARTS) is 1. The van der Waals surface area contributed by atoms with Crippen molar-refractivity contribution in [3.63, 3.8) is 0 Å². The zero-order chi connectivity index (χ0) is 12.1. The van der Waals surface area contributed by atoms with Crippen molar-refractivity contribution < 1.29 is 14.7 Å². The van der Waals surface area contributed by atoms with Crippen molar-refractivity contribution >= 4 is 11.9 Å². The Morgan fingerprint density at radius 3 is 2.20 bits per heavy atom. The van der Waals surface area contributed by atoms with Crippen LogP contribution in [0.2, 0.25) is 0 Å². The third kappa shape index (κ3) is 7.97. The Balaban J connectivity index is 3.85. The first kappa shape index (κ1) is 13.9. The van der Waals surface area contributed by atoms with Crippen LogP contribution >= 0.6 is 0 Å². The molecule has 0 bridgehead atoms. The van der Waals surface area contributed by atoms with Crippen LogP contribution in [0.4, 0.5) is 0 Å². The maximum absolute atomic E-state index is 11.6. The third-order valence-corrected chi connectivity index (χ3v) is 1.99. The highest BCUT2D eigenvalue weighted by molar-refractivity contribution is 5.76. The van der Waals surface area contributed by atoms with Gasteiger partial charge < -0.3 is 10.0 Å². The third-order valence-electron chi connectivity index (χ3n) is 1.99. The summed E-state index contributed by atoms with van der Waals surface area (Å²) in [7, 11) is 1.72. The topological polar surface area (TPSA) is 57.6 Å². The molecule has 0 rings (SSSR count). The summed E-state index contributed by atoms with van der Waals surface area (Å²) >= 11 is 0. The number of carbonyl (C=O) groups is 2. The van der Waals surface area contributed by atoms with Gasteiger partial charge in [-0.15, -0.1) is 0 Å². The molecular formula is C11H21NO3. The van der Waals surface area contributed by atoms with Crippen LogP contribution in [-0.2, 0) is 9.59 Å². The van der Waals surface area contributed by atoms with Gasteiger partial charge in [0.2, 0.25) is 5.91 Å². The van der Waals surface area contributed by atoms with E-state index in [1.165, 1.54) is 0 Å². The van der Waals surface area contributed by atoms with Gasteiger partial charge in [-0.1, -0.05) is 20.8 Å². The molecule has 1 N–H and O–H groups in total. The summed E-state index contributed by atoms with van der Waals surface area (Å²) in [6.45, 7) is 6.54. The van der Waals surface area contributed by atoms with E-state index >= 15 is 0 Å². The van der Waals surface area contributed by atoms with Gasteiger partial charge >= 0.3 is 5.97 Å². The summed E-state index contributed by atoms with van der Waals surface area (Å²) in [6, 6.07) is 0. The van der Waals surface area contributed by atoms with Gasteiger partial charge in [0.15, 0.2) is 0 Å². The highest BCUT2D eigenvalue weighted by Crippen LogP contribution is 2.19. The fourth-order valence-corrected chi connectivity index (χ4v) is 1.18. The lowest BCUT2D eigenvalue weighted by molar-refractivity contribution is -0.138. The Kier molecular flexibility index (Phi) is 5.33. The molecule has 0 aromatic heterocycles. The number of carbonyl (C=O) groups excluding carboxylic acids is 1. The summed E-state index contributed by atoms with van der Waals surface area (Å²) in [5.74, 6) is -0.737. The van der Waals surface area contributed by atoms with E-state index in [0.29, 0.717) is 19.4 Å². The van der Waals surface area contributed by atoms with E-state index in [1.807, 2.05) is 20.8 Å². The predicted octanol–water partition coefficient (Wildman–Crippen LogP) is 1.75. The van der Waals surface area contributed by atoms with Crippen LogP contribution in [0.15, 0.2) is 0 Å². The van der Waals surface area contributed by atoms with Crippen molar-refractivity contribution in [1.82, 2.24) is 4.90 Å². The molecule has 0 saturated heterocycles. The minimum atomic E-state index is -0.813. The molecule has 15 heavy (non-hydrogen) atoms. The van der Waals surface area contributed by atoms with Crippen molar-refractivity contribution in [2.45, 2.75) is 40.0 Å². The van der Waals surface area contributed by atoms with Crippen molar-refractivity contribution in [1.29, 1.82) is 0 Å². The number of rotatable bonds is 5. The quantitative estimate of drug-likeness (QED) is 0.760. The van der Waals surface area contributed by atoms with Crippen LogP contribution in [0, 0.1) is 5.41 Å². The van der Waals surface area contributed by atoms with Crippen molar-refractivity contribution in [2.75, 3.05) is 13.6 Å². The zero-order valence-corrected chi connectivity index (χ0v) is 10.0. The standard InChI is InChI=1S/C11H21NO3/c1-11(2,3)8-9(13)12(4)7-5-6-10(14)15/h5-8H2,1-4H3,(H,14,15). The number of hydrogen-bond acceptors (Lipinski definition) is 2. The largest absolute Gasteiger partial charge is 0.481 e. The molecule has 0 unspecified atom stereocenters. The first-order valence-corrected chi connectivity index (χ1v) is 5.18. The van der Waals surface area contributed by atoms with Gasteiger partial charge in [0.05, 0.1) is 0 Å². The summed E-state index contributed by atoms with van der Waals surface area (Å²) in [6.07, 6.45) is 1.13. The molecule has 4 nitrogen and oxygen atoms in total. The first-order chi connectivity index (χ1) is 6.72. The molecule has 0 saturated carbocycles. The number of nitrogens with zero attached hydrogens (tertiary/aromatic N) is 1. The average Bonchev–Trinajstić information content (AvgIpc) is 1.99. The molecule has 0 aliphatic heterocycles. The average molecular weight is 215 g/mol. The van der Waals surface area contributed by atoms with E-state index in [4.69, 9.17) is 5.11 Å². The minimum Gasteiger partial charge on any atom is -0.481 e. The highest BCUT2D eigenvalue weighted by Gasteiger charge is 2.18. The van der Waals surface area contributed by atoms with Gasteiger partial charge in [-0.2, -0.15) is 0 Å². The van der Waals surface area contributed by atoms with E-state index in [2.05, 4.69) is 0 Å². The summed E-state index contributed by atoms with van der Waals surface area (Å²) in [5.41, 5.74) is -0.0157. The van der Waals surface area contributed by atoms with Gasteiger partial charge in [-0.25, -0.2) is 0 Å². The predicted molar refractivity (Wildman–Crippen MR) is 58.6 cm³/mol. The molecule has 0 radical (unpaired) electrons. The van der Waals surface area contributed by atoms with E-state index in [-0.39, 0.29) is 17.7 Å². The van der Waals surface area contributed by atoms with Crippen molar-refractivity contribution in [2.24, 2.45) is 5.41 Å². The summed E-state index contributed by atoms with van der Waals surface area (Å²) < 4.78 is 0. The van der Waals surface area contributed by atoms with Crippen molar-refractivity contribution in [3.05, 3.63) is 0 Å². The van der Waals surface area contributed by atoms with E-state index in [9.17, 15) is 9.59 Å². The van der Waals surface area contributed by atoms with Crippen LogP contribution in [0.5, 0.6) is 0 Å². The fourth-order valence-electron chi connectivity index (χ4n) is 1.18. The number of aliphatic carboxylic acids is 1. The number of amides is 1. The Morgan fingerprint density at radius 1 is 1.27 bits per heavy atom. The Hall–Kier alpha value is -1.06. The second-order valence-corrected chi connectivity index (χ2v) is 5.05. The molecular weight excluding hydrogens is 194 g/mol. The van der Waals surface area contributed by atoms with Gasteiger partial charge in [0, 0.05) is 26.4 Å². The maximum Gasteiger partial charge on any atom is 0.303 e. The van der Waals surface area contributed by atoms with Gasteiger partial charge in [0.1, 0.15) is 0 Å². The highest BCUT2D eigenvalue weighted by atomic mass is 16.4. The molecule has 0 aliphatic rings. The van der Waals surface area contributed by atoms with Crippen LogP contribution < -0.4 is 0 Å². The molecule has 0 aliphatic carbocycles. The minimum absolute atomic E-state index is 0.0157. The van der Waals surface area contributed by atoms with Crippen LogP contribution in [0.1, 0.15) is 40.0 Å². The zero-order valence-electron chi connectivity index (χ0n) is 10.0. The summed E-state index contributed by atoms with van der Waals surface area (Å²) in [4.78, 5) is 23.5. The number of carboxylic acids is 1. The van der Waals surface area contributed by atoms with Crippen LogP contribution in [0.25, 0.3) is 0 Å². The SMILES string of the molecule is CN(CCCC(=O)O)C(=O)CC(C)(C)C. The van der Waals surface area contributed by atoms with Crippen LogP contribution in [-0.4, -0.2) is 35.5 Å². The molecule has 0 aromatic carbocycles. The van der Waals surface area contributed by atoms with Crippen LogP contribution in [0.3, 0.4) is 0 Å². The second kappa shape index (κ2) is 5.73. The fraction of sp³-hybridized carbons (Fsp3) is 0.818. The lowest BCUT2D eigenvalue weighted by Gasteiger charge is -2.23. The Labute approximate surface area is 91.3 Å². The smallest absolute Gasteiger partial charge is 0.303 e. The Bertz CT molecular complexity index is 230. The van der Waals surface area contributed by atoms with E-state index in [1.54, 1.807) is 11.9 Å². The monoisotopic (exact) mass is 215 g/mol. The summed E-state index contributed by atoms with van der Waals surface area (Å²) in [5, 5.41) is 8.45. The molecule has 1 amide bonds. The number of hydrogen-bond donors (Lipinski definition) is 1. The molecule has 0 spiro atoms. The molecule has 0 heterocycles. The van der Waals surface area contributed by atoms with E-state index in [0.717, 1.165) is 0 Å². The van der Waals surface area contributed by atoms with Gasteiger partial charge in [0.25, 0.3) is 0 Å². The first-order valence-electron chi connectivity index (χ1n) is 5.18. The molecule has 4 heteroatoms.